The van der Waals surface area contributed by atoms with Gasteiger partial charge in [0, 0.05) is 6.42 Å². The Bertz CT molecular complexity index is 799. The van der Waals surface area contributed by atoms with Crippen molar-refractivity contribution in [2.75, 3.05) is 6.54 Å². The lowest BCUT2D eigenvalue weighted by Crippen LogP contribution is -2.57. The lowest BCUT2D eigenvalue weighted by Gasteiger charge is -2.23. The van der Waals surface area contributed by atoms with Crippen LogP contribution in [0.4, 0.5) is 0 Å². The minimum absolute atomic E-state index is 0.135. The van der Waals surface area contributed by atoms with Crippen molar-refractivity contribution >= 4 is 29.6 Å². The van der Waals surface area contributed by atoms with Crippen molar-refractivity contribution in [1.29, 1.82) is 0 Å². The maximum Gasteiger partial charge on any atom is 0.322 e. The van der Waals surface area contributed by atoms with E-state index >= 15 is 0 Å². The molecule has 0 aliphatic carbocycles. The molecule has 170 valence electrons. The van der Waals surface area contributed by atoms with Crippen LogP contribution in [0.1, 0.15) is 26.3 Å². The number of nitrogens with two attached hydrogens (primary N) is 1. The van der Waals surface area contributed by atoms with Gasteiger partial charge < -0.3 is 32.1 Å². The first-order chi connectivity index (χ1) is 14.5. The molecule has 1 aromatic carbocycles. The van der Waals surface area contributed by atoms with Gasteiger partial charge in [0.2, 0.25) is 23.6 Å². The molecule has 0 unspecified atom stereocenters. The summed E-state index contributed by atoms with van der Waals surface area (Å²) in [5, 5.41) is 18.3. The van der Waals surface area contributed by atoms with E-state index < -0.39 is 60.3 Å². The summed E-state index contributed by atoms with van der Waals surface area (Å²) < 4.78 is 0. The Labute approximate surface area is 180 Å². The number of carbonyl (C=O) groups is 5. The molecule has 0 spiro atoms. The van der Waals surface area contributed by atoms with Gasteiger partial charge >= 0.3 is 5.97 Å². The minimum atomic E-state index is -1.22. The standard InChI is InChI=1S/C20H29N5O6/c1-11(21)17(28)23-13(3)19(30)25-15(9-14-7-5-4-6-8-14)20(31)24-12(2)18(29)22-10-16(26)27/h4-8,11-13,15H,9-10,21H2,1-3H3,(H,22,29)(H,23,28)(H,24,31)(H,25,30)(H,26,27)/t11-,12-,13-,15-/m0/s1. The zero-order valence-electron chi connectivity index (χ0n) is 17.7. The zero-order chi connectivity index (χ0) is 23.6. The van der Waals surface area contributed by atoms with Crippen molar-refractivity contribution in [2.24, 2.45) is 5.73 Å². The Morgan fingerprint density at radius 1 is 0.839 bits per heavy atom. The second-order valence-electron chi connectivity index (χ2n) is 7.11. The van der Waals surface area contributed by atoms with Crippen LogP contribution in [0.5, 0.6) is 0 Å². The van der Waals surface area contributed by atoms with E-state index in [4.69, 9.17) is 10.8 Å². The number of hydrogen-bond donors (Lipinski definition) is 6. The molecule has 0 fully saturated rings. The highest BCUT2D eigenvalue weighted by Gasteiger charge is 2.27. The fourth-order valence-corrected chi connectivity index (χ4v) is 2.46. The Morgan fingerprint density at radius 3 is 1.94 bits per heavy atom. The average Bonchev–Trinajstić information content (AvgIpc) is 2.71. The number of aliphatic carboxylic acids is 1. The van der Waals surface area contributed by atoms with Gasteiger partial charge in [-0.1, -0.05) is 30.3 Å². The van der Waals surface area contributed by atoms with E-state index in [-0.39, 0.29) is 6.42 Å². The van der Waals surface area contributed by atoms with Crippen LogP contribution in [0.15, 0.2) is 30.3 Å². The van der Waals surface area contributed by atoms with E-state index in [0.717, 1.165) is 5.56 Å². The molecule has 7 N–H and O–H groups in total. The van der Waals surface area contributed by atoms with Crippen molar-refractivity contribution in [3.05, 3.63) is 35.9 Å². The van der Waals surface area contributed by atoms with Crippen LogP contribution in [-0.4, -0.2) is 65.4 Å². The van der Waals surface area contributed by atoms with Gasteiger partial charge in [-0.3, -0.25) is 24.0 Å². The molecule has 11 heteroatoms. The van der Waals surface area contributed by atoms with Crippen molar-refractivity contribution in [3.8, 4) is 0 Å². The Balaban J connectivity index is 2.86. The second-order valence-corrected chi connectivity index (χ2v) is 7.11. The molecule has 31 heavy (non-hydrogen) atoms. The predicted molar refractivity (Wildman–Crippen MR) is 112 cm³/mol. The van der Waals surface area contributed by atoms with Crippen LogP contribution in [0.3, 0.4) is 0 Å². The van der Waals surface area contributed by atoms with E-state index in [9.17, 15) is 24.0 Å². The maximum absolute atomic E-state index is 12.8. The Morgan fingerprint density at radius 2 is 1.39 bits per heavy atom. The van der Waals surface area contributed by atoms with Gasteiger partial charge in [0.05, 0.1) is 6.04 Å². The van der Waals surface area contributed by atoms with E-state index in [0.29, 0.717) is 0 Å². The van der Waals surface area contributed by atoms with E-state index in [1.54, 1.807) is 30.3 Å². The first-order valence-electron chi connectivity index (χ1n) is 9.71. The zero-order valence-corrected chi connectivity index (χ0v) is 17.7. The molecule has 0 aliphatic rings. The van der Waals surface area contributed by atoms with Crippen molar-refractivity contribution in [3.63, 3.8) is 0 Å². The monoisotopic (exact) mass is 435 g/mol. The molecular weight excluding hydrogens is 406 g/mol. The van der Waals surface area contributed by atoms with Crippen LogP contribution >= 0.6 is 0 Å². The summed E-state index contributed by atoms with van der Waals surface area (Å²) in [6.45, 7) is 3.74. The summed E-state index contributed by atoms with van der Waals surface area (Å²) in [7, 11) is 0. The number of benzene rings is 1. The number of carboxylic acids is 1. The highest BCUT2D eigenvalue weighted by atomic mass is 16.4. The molecule has 4 atom stereocenters. The third-order valence-corrected chi connectivity index (χ3v) is 4.25. The lowest BCUT2D eigenvalue weighted by molar-refractivity contribution is -0.138. The summed E-state index contributed by atoms with van der Waals surface area (Å²) in [5.41, 5.74) is 6.24. The molecule has 0 heterocycles. The third kappa shape index (κ3) is 9.26. The molecule has 1 aromatic rings. The van der Waals surface area contributed by atoms with Gasteiger partial charge in [0.1, 0.15) is 24.7 Å². The number of hydrogen-bond acceptors (Lipinski definition) is 6. The summed E-state index contributed by atoms with van der Waals surface area (Å²) in [6, 6.07) is 5.09. The van der Waals surface area contributed by atoms with Crippen molar-refractivity contribution < 1.29 is 29.1 Å². The molecular formula is C20H29N5O6. The number of rotatable bonds is 11. The normalized spacial score (nSPS) is 14.3. The summed E-state index contributed by atoms with van der Waals surface area (Å²) >= 11 is 0. The second kappa shape index (κ2) is 12.3. The number of nitrogens with one attached hydrogen (secondary N) is 4. The van der Waals surface area contributed by atoms with Crippen LogP contribution in [0.2, 0.25) is 0 Å². The van der Waals surface area contributed by atoms with Gasteiger partial charge in [-0.25, -0.2) is 0 Å². The predicted octanol–water partition coefficient (Wildman–Crippen LogP) is -1.73. The molecule has 0 aromatic heterocycles. The lowest BCUT2D eigenvalue weighted by atomic mass is 10.0. The molecule has 4 amide bonds. The molecule has 0 radical (unpaired) electrons. The molecule has 0 bridgehead atoms. The van der Waals surface area contributed by atoms with Gasteiger partial charge in [-0.15, -0.1) is 0 Å². The van der Waals surface area contributed by atoms with Crippen molar-refractivity contribution in [2.45, 2.75) is 51.4 Å². The fraction of sp³-hybridized carbons (Fsp3) is 0.450. The average molecular weight is 435 g/mol. The molecule has 1 rings (SSSR count). The van der Waals surface area contributed by atoms with Gasteiger partial charge in [0.15, 0.2) is 0 Å². The minimum Gasteiger partial charge on any atom is -0.480 e. The largest absolute Gasteiger partial charge is 0.480 e. The molecule has 11 nitrogen and oxygen atoms in total. The van der Waals surface area contributed by atoms with Crippen molar-refractivity contribution in [1.82, 2.24) is 21.3 Å². The number of amides is 4. The molecule has 0 saturated heterocycles. The van der Waals surface area contributed by atoms with Crippen LogP contribution in [-0.2, 0) is 30.4 Å². The van der Waals surface area contributed by atoms with E-state index in [1.165, 1.54) is 20.8 Å². The van der Waals surface area contributed by atoms with Gasteiger partial charge in [0.25, 0.3) is 0 Å². The maximum atomic E-state index is 12.8. The van der Waals surface area contributed by atoms with Crippen LogP contribution < -0.4 is 27.0 Å². The molecule has 0 aliphatic heterocycles. The van der Waals surface area contributed by atoms with Gasteiger partial charge in [-0.2, -0.15) is 0 Å². The quantitative estimate of drug-likeness (QED) is 0.239. The first kappa shape index (κ1) is 25.6. The number of carboxylic acid groups (broad SMARTS) is 1. The van der Waals surface area contributed by atoms with E-state index in [2.05, 4.69) is 21.3 Å². The van der Waals surface area contributed by atoms with Crippen LogP contribution in [0.25, 0.3) is 0 Å². The Hall–Kier alpha value is -3.47. The third-order valence-electron chi connectivity index (χ3n) is 4.25. The smallest absolute Gasteiger partial charge is 0.322 e. The highest BCUT2D eigenvalue weighted by molar-refractivity contribution is 5.95. The van der Waals surface area contributed by atoms with E-state index in [1.807, 2.05) is 0 Å². The molecule has 0 saturated carbocycles. The summed E-state index contributed by atoms with van der Waals surface area (Å²) in [5.74, 6) is -3.66. The first-order valence-corrected chi connectivity index (χ1v) is 9.71. The summed E-state index contributed by atoms with van der Waals surface area (Å²) in [6.07, 6.45) is 0.135. The SMILES string of the molecule is C[C@H](N)C(=O)N[C@@H](C)C(=O)N[C@@H](Cc1ccccc1)C(=O)N[C@@H](C)C(=O)NCC(=O)O. The topological polar surface area (TPSA) is 180 Å². The van der Waals surface area contributed by atoms with Gasteiger partial charge in [-0.05, 0) is 26.3 Å². The Kier molecular flexibility index (Phi) is 10.1. The number of carbonyl (C=O) groups excluding carboxylic acids is 4. The fourth-order valence-electron chi connectivity index (χ4n) is 2.46. The van der Waals surface area contributed by atoms with Crippen LogP contribution in [0, 0.1) is 0 Å². The summed E-state index contributed by atoms with van der Waals surface area (Å²) in [4.78, 5) is 59.5. The highest BCUT2D eigenvalue weighted by Crippen LogP contribution is 2.05.